The second-order valence-corrected chi connectivity index (χ2v) is 8.76. The largest absolute Gasteiger partial charge is 0.337 e. The molecule has 1 amide bonds. The number of carbonyl (C=O) groups excluding carboxylic acids is 1. The second-order valence-electron chi connectivity index (χ2n) is 5.17. The highest BCUT2D eigenvalue weighted by Crippen LogP contribution is 2.24. The molecule has 2 rings (SSSR count). The van der Waals surface area contributed by atoms with Crippen molar-refractivity contribution in [2.75, 3.05) is 21.1 Å². The van der Waals surface area contributed by atoms with Crippen LogP contribution in [0.3, 0.4) is 0 Å². The fourth-order valence-electron chi connectivity index (χ4n) is 1.95. The van der Waals surface area contributed by atoms with E-state index < -0.39 is 10.0 Å². The predicted octanol–water partition coefficient (Wildman–Crippen LogP) is 2.92. The number of nitrogens with zero attached hydrogens (tertiary/aromatic N) is 2. The van der Waals surface area contributed by atoms with Crippen molar-refractivity contribution in [1.82, 2.24) is 9.21 Å². The molecule has 0 aliphatic heterocycles. The summed E-state index contributed by atoms with van der Waals surface area (Å²) in [6, 6.07) is 8.00. The minimum atomic E-state index is -3.62. The van der Waals surface area contributed by atoms with Gasteiger partial charge in [-0.05, 0) is 29.6 Å². The van der Waals surface area contributed by atoms with Gasteiger partial charge in [-0.15, -0.1) is 11.3 Å². The summed E-state index contributed by atoms with van der Waals surface area (Å²) in [7, 11) is 0.917. The molecule has 0 atom stereocenters. The highest BCUT2D eigenvalue weighted by atomic mass is 35.5. The van der Waals surface area contributed by atoms with Gasteiger partial charge in [-0.1, -0.05) is 17.7 Å². The number of hydrogen-bond donors (Lipinski definition) is 0. The molecule has 0 aliphatic rings. The Morgan fingerprint density at radius 1 is 1.22 bits per heavy atom. The van der Waals surface area contributed by atoms with E-state index in [0.717, 1.165) is 9.18 Å². The van der Waals surface area contributed by atoms with E-state index in [0.29, 0.717) is 6.54 Å². The van der Waals surface area contributed by atoms with Crippen LogP contribution in [0.4, 0.5) is 0 Å². The van der Waals surface area contributed by atoms with Crippen molar-refractivity contribution in [3.63, 3.8) is 0 Å². The van der Waals surface area contributed by atoms with Gasteiger partial charge in [-0.2, -0.15) is 0 Å². The molecule has 8 heteroatoms. The van der Waals surface area contributed by atoms with Crippen LogP contribution < -0.4 is 0 Å². The van der Waals surface area contributed by atoms with Crippen molar-refractivity contribution in [2.24, 2.45) is 0 Å². The summed E-state index contributed by atoms with van der Waals surface area (Å²) in [5.41, 5.74) is 0.175. The highest BCUT2D eigenvalue weighted by molar-refractivity contribution is 7.89. The molecule has 5 nitrogen and oxygen atoms in total. The van der Waals surface area contributed by atoms with Gasteiger partial charge in [0.1, 0.15) is 0 Å². The second kappa shape index (κ2) is 7.00. The summed E-state index contributed by atoms with van der Waals surface area (Å²) in [4.78, 5) is 15.2. The molecule has 2 aromatic rings. The summed E-state index contributed by atoms with van der Waals surface area (Å²) >= 11 is 7.64. The zero-order chi connectivity index (χ0) is 17.2. The molecular weight excluding hydrogens is 356 g/mol. The highest BCUT2D eigenvalue weighted by Gasteiger charge is 2.22. The molecule has 0 spiro atoms. The predicted molar refractivity (Wildman–Crippen MR) is 92.4 cm³/mol. The summed E-state index contributed by atoms with van der Waals surface area (Å²) < 4.78 is 25.5. The average molecular weight is 373 g/mol. The molecule has 0 saturated heterocycles. The van der Waals surface area contributed by atoms with Gasteiger partial charge < -0.3 is 4.90 Å². The first-order valence-electron chi connectivity index (χ1n) is 6.73. The van der Waals surface area contributed by atoms with Crippen molar-refractivity contribution < 1.29 is 13.2 Å². The number of carbonyl (C=O) groups is 1. The van der Waals surface area contributed by atoms with Crippen LogP contribution >= 0.6 is 22.9 Å². The van der Waals surface area contributed by atoms with Gasteiger partial charge in [0.2, 0.25) is 10.0 Å². The maximum Gasteiger partial charge on any atom is 0.255 e. The van der Waals surface area contributed by atoms with Gasteiger partial charge >= 0.3 is 0 Å². The molecule has 0 unspecified atom stereocenters. The number of halogens is 1. The fourth-order valence-corrected chi connectivity index (χ4v) is 3.84. The van der Waals surface area contributed by atoms with Crippen LogP contribution in [0, 0.1) is 0 Å². The number of amides is 1. The summed E-state index contributed by atoms with van der Waals surface area (Å²) in [6.07, 6.45) is 0. The zero-order valence-electron chi connectivity index (χ0n) is 13.0. The topological polar surface area (TPSA) is 57.7 Å². The Morgan fingerprint density at radius 2 is 1.91 bits per heavy atom. The van der Waals surface area contributed by atoms with E-state index >= 15 is 0 Å². The van der Waals surface area contributed by atoms with E-state index in [1.54, 1.807) is 18.4 Å². The van der Waals surface area contributed by atoms with Crippen LogP contribution in [0.25, 0.3) is 0 Å². The Kier molecular flexibility index (Phi) is 5.46. The quantitative estimate of drug-likeness (QED) is 0.810. The van der Waals surface area contributed by atoms with Crippen LogP contribution in [0.2, 0.25) is 5.02 Å². The van der Waals surface area contributed by atoms with Crippen molar-refractivity contribution in [3.8, 4) is 0 Å². The van der Waals surface area contributed by atoms with Crippen LogP contribution in [0.5, 0.6) is 0 Å². The molecule has 1 aromatic heterocycles. The zero-order valence-corrected chi connectivity index (χ0v) is 15.4. The van der Waals surface area contributed by atoms with Crippen LogP contribution in [0.15, 0.2) is 40.6 Å². The maximum atomic E-state index is 12.6. The van der Waals surface area contributed by atoms with Gasteiger partial charge in [0, 0.05) is 26.0 Å². The number of sulfonamides is 1. The molecule has 1 aromatic carbocycles. The molecule has 0 radical (unpaired) electrons. The molecule has 0 aliphatic carbocycles. The monoisotopic (exact) mass is 372 g/mol. The summed E-state index contributed by atoms with van der Waals surface area (Å²) in [5, 5.41) is 2.16. The molecule has 1 heterocycles. The van der Waals surface area contributed by atoms with Crippen molar-refractivity contribution in [2.45, 2.75) is 11.4 Å². The van der Waals surface area contributed by atoms with Crippen molar-refractivity contribution in [3.05, 3.63) is 51.2 Å². The summed E-state index contributed by atoms with van der Waals surface area (Å²) in [5.74, 6) is -0.320. The Bertz CT molecular complexity index is 802. The normalized spacial score (nSPS) is 11.7. The Labute approximate surface area is 145 Å². The minimum absolute atomic E-state index is 0.0415. The van der Waals surface area contributed by atoms with E-state index in [9.17, 15) is 13.2 Å². The van der Waals surface area contributed by atoms with Gasteiger partial charge in [0.05, 0.1) is 22.0 Å². The molecule has 0 N–H and O–H groups in total. The van der Waals surface area contributed by atoms with E-state index in [4.69, 9.17) is 11.6 Å². The first-order chi connectivity index (χ1) is 10.7. The molecule has 0 saturated carbocycles. The third-order valence-electron chi connectivity index (χ3n) is 3.27. The van der Waals surface area contributed by atoms with E-state index in [2.05, 4.69) is 0 Å². The number of thiophene rings is 1. The van der Waals surface area contributed by atoms with E-state index in [-0.39, 0.29) is 21.4 Å². The van der Waals surface area contributed by atoms with Gasteiger partial charge in [0.25, 0.3) is 5.91 Å². The first-order valence-corrected chi connectivity index (χ1v) is 9.43. The van der Waals surface area contributed by atoms with Crippen LogP contribution in [-0.4, -0.2) is 44.7 Å². The standard InChI is InChI=1S/C15H17ClN2O3S2/c1-17(2)23(20,21)12-6-7-14(16)13(9-12)15(19)18(3)10-11-5-4-8-22-11/h4-9H,10H2,1-3H3. The molecule has 0 bridgehead atoms. The Balaban J connectivity index is 2.33. The van der Waals surface area contributed by atoms with Crippen molar-refractivity contribution >= 4 is 38.9 Å². The van der Waals surface area contributed by atoms with Crippen LogP contribution in [-0.2, 0) is 16.6 Å². The SMILES string of the molecule is CN(Cc1cccs1)C(=O)c1cc(S(=O)(=O)N(C)C)ccc1Cl. The average Bonchev–Trinajstić information content (AvgIpc) is 2.99. The molecular formula is C15H17ClN2O3S2. The molecule has 23 heavy (non-hydrogen) atoms. The molecule has 0 fully saturated rings. The lowest BCUT2D eigenvalue weighted by Gasteiger charge is -2.18. The lowest BCUT2D eigenvalue weighted by atomic mass is 10.2. The lowest BCUT2D eigenvalue weighted by Crippen LogP contribution is -2.27. The first kappa shape index (κ1) is 17.9. The van der Waals surface area contributed by atoms with E-state index in [1.165, 1.54) is 37.2 Å². The van der Waals surface area contributed by atoms with Crippen LogP contribution in [0.1, 0.15) is 15.2 Å². The third kappa shape index (κ3) is 3.92. The minimum Gasteiger partial charge on any atom is -0.337 e. The number of rotatable bonds is 5. The third-order valence-corrected chi connectivity index (χ3v) is 6.27. The molecule has 124 valence electrons. The van der Waals surface area contributed by atoms with Gasteiger partial charge in [-0.3, -0.25) is 4.79 Å². The van der Waals surface area contributed by atoms with E-state index in [1.807, 2.05) is 17.5 Å². The number of hydrogen-bond acceptors (Lipinski definition) is 4. The fraction of sp³-hybridized carbons (Fsp3) is 0.267. The van der Waals surface area contributed by atoms with Gasteiger partial charge in [-0.25, -0.2) is 12.7 Å². The van der Waals surface area contributed by atoms with Crippen molar-refractivity contribution in [1.29, 1.82) is 0 Å². The summed E-state index contributed by atoms with van der Waals surface area (Å²) in [6.45, 7) is 0.442. The maximum absolute atomic E-state index is 12.6. The van der Waals surface area contributed by atoms with Gasteiger partial charge in [0.15, 0.2) is 0 Å². The Morgan fingerprint density at radius 3 is 2.48 bits per heavy atom. The smallest absolute Gasteiger partial charge is 0.255 e. The lowest BCUT2D eigenvalue weighted by molar-refractivity contribution is 0.0786. The Hall–Kier alpha value is -1.41. The number of benzene rings is 1.